The molecule has 2 heterocycles. The fourth-order valence-electron chi connectivity index (χ4n) is 6.77. The highest BCUT2D eigenvalue weighted by Crippen LogP contribution is 2.46. The number of amides is 1. The molecule has 1 spiro atoms. The molecule has 1 amide bonds. The molecule has 3 aliphatic rings. The van der Waals surface area contributed by atoms with Crippen LogP contribution in [-0.4, -0.2) is 67.2 Å². The van der Waals surface area contributed by atoms with Crippen LogP contribution in [0.3, 0.4) is 0 Å². The van der Waals surface area contributed by atoms with Gasteiger partial charge in [-0.05, 0) is 60.4 Å². The van der Waals surface area contributed by atoms with E-state index >= 15 is 0 Å². The minimum Gasteiger partial charge on any atom is -0.331 e. The Kier molecular flexibility index (Phi) is 7.48. The van der Waals surface area contributed by atoms with E-state index in [2.05, 4.69) is 54.8 Å². The fourth-order valence-corrected chi connectivity index (χ4v) is 8.19. The van der Waals surface area contributed by atoms with Crippen molar-refractivity contribution in [3.05, 3.63) is 65.2 Å². The van der Waals surface area contributed by atoms with Crippen LogP contribution in [0.2, 0.25) is 0 Å². The van der Waals surface area contributed by atoms with Crippen molar-refractivity contribution in [3.8, 4) is 0 Å². The molecule has 2 aromatic carbocycles. The molecule has 0 aromatic heterocycles. The van der Waals surface area contributed by atoms with Gasteiger partial charge in [0.1, 0.15) is 0 Å². The molecule has 5 rings (SSSR count). The molecule has 0 radical (unpaired) electrons. The Morgan fingerprint density at radius 3 is 2.13 bits per heavy atom. The molecule has 7 heteroatoms. The first-order valence-corrected chi connectivity index (χ1v) is 15.7. The Labute approximate surface area is 229 Å². The van der Waals surface area contributed by atoms with Gasteiger partial charge in [-0.15, -0.1) is 0 Å². The van der Waals surface area contributed by atoms with Gasteiger partial charge in [0, 0.05) is 32.7 Å². The number of fused-ring (bicyclic) bond motifs is 2. The summed E-state index contributed by atoms with van der Waals surface area (Å²) < 4.78 is 28.3. The lowest BCUT2D eigenvalue weighted by Gasteiger charge is -2.52. The van der Waals surface area contributed by atoms with Gasteiger partial charge in [0.2, 0.25) is 15.9 Å². The van der Waals surface area contributed by atoms with Crippen LogP contribution < -0.4 is 0 Å². The molecule has 1 atom stereocenters. The van der Waals surface area contributed by atoms with E-state index in [4.69, 9.17) is 0 Å². The van der Waals surface area contributed by atoms with E-state index in [1.165, 1.54) is 17.5 Å². The number of carbonyl (C=O) groups excluding carboxylic acids is 1. The van der Waals surface area contributed by atoms with Crippen LogP contribution in [0, 0.1) is 0 Å². The Morgan fingerprint density at radius 1 is 0.868 bits per heavy atom. The van der Waals surface area contributed by atoms with Crippen molar-refractivity contribution in [1.82, 2.24) is 14.1 Å². The molecule has 2 fully saturated rings. The van der Waals surface area contributed by atoms with Crippen molar-refractivity contribution < 1.29 is 13.2 Å². The predicted octanol–water partition coefficient (Wildman–Crippen LogP) is 4.92. The molecule has 6 nitrogen and oxygen atoms in total. The topological polar surface area (TPSA) is 60.9 Å². The monoisotopic (exact) mass is 537 g/mol. The maximum Gasteiger partial charge on any atom is 0.243 e. The molecule has 0 bridgehead atoms. The molecule has 206 valence electrons. The average Bonchev–Trinajstić information content (AvgIpc) is 2.93. The van der Waals surface area contributed by atoms with Crippen LogP contribution >= 0.6 is 0 Å². The third-order valence-electron chi connectivity index (χ3n) is 9.12. The molecule has 1 saturated carbocycles. The minimum absolute atomic E-state index is 0.0246. The van der Waals surface area contributed by atoms with Crippen LogP contribution in [0.15, 0.2) is 53.4 Å². The van der Waals surface area contributed by atoms with Crippen LogP contribution in [0.25, 0.3) is 0 Å². The van der Waals surface area contributed by atoms with Crippen molar-refractivity contribution in [2.24, 2.45) is 0 Å². The van der Waals surface area contributed by atoms with Gasteiger partial charge in [0.05, 0.1) is 16.5 Å². The average molecular weight is 538 g/mol. The minimum atomic E-state index is -3.56. The second-order valence-electron chi connectivity index (χ2n) is 12.4. The summed E-state index contributed by atoms with van der Waals surface area (Å²) in [6.07, 6.45) is 6.50. The second-order valence-corrected chi connectivity index (χ2v) is 14.3. The summed E-state index contributed by atoms with van der Waals surface area (Å²) in [5.41, 5.74) is 3.64. The largest absolute Gasteiger partial charge is 0.331 e. The van der Waals surface area contributed by atoms with Crippen molar-refractivity contribution in [1.29, 1.82) is 0 Å². The van der Waals surface area contributed by atoms with E-state index in [-0.39, 0.29) is 22.9 Å². The van der Waals surface area contributed by atoms with E-state index in [9.17, 15) is 13.2 Å². The number of piperazine rings is 1. The quantitative estimate of drug-likeness (QED) is 0.555. The van der Waals surface area contributed by atoms with Crippen LogP contribution in [0.1, 0.15) is 76.5 Å². The van der Waals surface area contributed by atoms with Crippen molar-refractivity contribution in [2.45, 2.75) is 88.1 Å². The van der Waals surface area contributed by atoms with Gasteiger partial charge in [0.25, 0.3) is 0 Å². The third kappa shape index (κ3) is 4.93. The van der Waals surface area contributed by atoms with Gasteiger partial charge in [-0.1, -0.05) is 76.4 Å². The van der Waals surface area contributed by atoms with Crippen molar-refractivity contribution >= 4 is 15.9 Å². The fraction of sp³-hybridized carbons (Fsp3) is 0.581. The first kappa shape index (κ1) is 27.4. The smallest absolute Gasteiger partial charge is 0.243 e. The summed E-state index contributed by atoms with van der Waals surface area (Å²) in [7, 11) is -3.56. The predicted molar refractivity (Wildman–Crippen MR) is 152 cm³/mol. The summed E-state index contributed by atoms with van der Waals surface area (Å²) >= 11 is 0. The zero-order valence-corrected chi connectivity index (χ0v) is 24.3. The summed E-state index contributed by atoms with van der Waals surface area (Å²) in [6, 6.07) is 15.7. The summed E-state index contributed by atoms with van der Waals surface area (Å²) in [5, 5.41) is 0. The highest BCUT2D eigenvalue weighted by molar-refractivity contribution is 7.89. The maximum atomic E-state index is 14.0. The zero-order valence-electron chi connectivity index (χ0n) is 23.4. The zero-order chi connectivity index (χ0) is 27.1. The van der Waals surface area contributed by atoms with Gasteiger partial charge < -0.3 is 4.90 Å². The van der Waals surface area contributed by atoms with E-state index in [0.717, 1.165) is 44.2 Å². The molecule has 2 aromatic rings. The highest BCUT2D eigenvalue weighted by Gasteiger charge is 2.47. The van der Waals surface area contributed by atoms with Crippen LogP contribution in [0.5, 0.6) is 0 Å². The summed E-state index contributed by atoms with van der Waals surface area (Å²) in [5.74, 6) is 0.190. The molecular weight excluding hydrogens is 494 g/mol. The molecule has 1 unspecified atom stereocenters. The number of carbonyl (C=O) groups is 1. The Morgan fingerprint density at radius 2 is 1.50 bits per heavy atom. The lowest BCUT2D eigenvalue weighted by molar-refractivity contribution is -0.146. The van der Waals surface area contributed by atoms with Crippen LogP contribution in [0.4, 0.5) is 0 Å². The third-order valence-corrected chi connectivity index (χ3v) is 11.0. The number of nitrogens with zero attached hydrogens (tertiary/aromatic N) is 3. The van der Waals surface area contributed by atoms with Gasteiger partial charge in [-0.25, -0.2) is 8.42 Å². The maximum absolute atomic E-state index is 14.0. The lowest BCUT2D eigenvalue weighted by Crippen LogP contribution is -2.61. The SMILES string of the molecule is CC(C(=O)N1CCc2ccccc2C12CCCCC2)N1CCN(S(=O)(=O)c2ccc(C(C)(C)C)cc2)CC1. The normalized spacial score (nSPS) is 21.7. The Hall–Kier alpha value is -2.22. The number of hydrogen-bond donors (Lipinski definition) is 0. The number of hydrogen-bond acceptors (Lipinski definition) is 4. The van der Waals surface area contributed by atoms with E-state index in [0.29, 0.717) is 31.1 Å². The highest BCUT2D eigenvalue weighted by atomic mass is 32.2. The standard InChI is InChI=1S/C31H43N3O3S/c1-24(29(35)34-19-16-25-10-6-7-11-28(25)31(34)17-8-5-9-18-31)32-20-22-33(23-21-32)38(36,37)27-14-12-26(13-15-27)30(2,3)4/h6-7,10-15,24H,5,8-9,16-23H2,1-4H3. The van der Waals surface area contributed by atoms with E-state index < -0.39 is 10.0 Å². The molecule has 1 saturated heterocycles. The Balaban J connectivity index is 1.28. The van der Waals surface area contributed by atoms with E-state index in [1.807, 2.05) is 19.1 Å². The molecular formula is C31H43N3O3S. The van der Waals surface area contributed by atoms with Gasteiger partial charge >= 0.3 is 0 Å². The molecule has 38 heavy (non-hydrogen) atoms. The Bertz CT molecular complexity index is 1250. The second kappa shape index (κ2) is 10.4. The summed E-state index contributed by atoms with van der Waals surface area (Å²) in [6.45, 7) is 11.1. The van der Waals surface area contributed by atoms with Gasteiger partial charge in [0.15, 0.2) is 0 Å². The van der Waals surface area contributed by atoms with Gasteiger partial charge in [-0.2, -0.15) is 4.31 Å². The molecule has 2 aliphatic heterocycles. The number of sulfonamides is 1. The number of rotatable bonds is 4. The van der Waals surface area contributed by atoms with Crippen LogP contribution in [-0.2, 0) is 32.2 Å². The number of benzene rings is 2. The van der Waals surface area contributed by atoms with Gasteiger partial charge in [-0.3, -0.25) is 9.69 Å². The van der Waals surface area contributed by atoms with Crippen molar-refractivity contribution in [2.75, 3.05) is 32.7 Å². The first-order valence-electron chi connectivity index (χ1n) is 14.3. The van der Waals surface area contributed by atoms with E-state index in [1.54, 1.807) is 16.4 Å². The lowest BCUT2D eigenvalue weighted by atomic mass is 9.71. The summed E-state index contributed by atoms with van der Waals surface area (Å²) in [4.78, 5) is 18.8. The first-order chi connectivity index (χ1) is 18.0. The van der Waals surface area contributed by atoms with Crippen molar-refractivity contribution in [3.63, 3.8) is 0 Å². The molecule has 0 N–H and O–H groups in total. The molecule has 1 aliphatic carbocycles.